The predicted octanol–water partition coefficient (Wildman–Crippen LogP) is 2.54. The first-order chi connectivity index (χ1) is 14.8. The van der Waals surface area contributed by atoms with Gasteiger partial charge in [-0.3, -0.25) is 9.79 Å². The van der Waals surface area contributed by atoms with Gasteiger partial charge in [0, 0.05) is 18.2 Å². The molecule has 2 heterocycles. The van der Waals surface area contributed by atoms with Crippen molar-refractivity contribution in [2.75, 3.05) is 12.4 Å². The Kier molecular flexibility index (Phi) is 8.35. The van der Waals surface area contributed by atoms with Gasteiger partial charge in [0.15, 0.2) is 0 Å². The van der Waals surface area contributed by atoms with Crippen LogP contribution in [0.5, 0.6) is 5.75 Å². The summed E-state index contributed by atoms with van der Waals surface area (Å²) in [7, 11) is 0. The fourth-order valence-corrected chi connectivity index (χ4v) is 4.06. The van der Waals surface area contributed by atoms with Crippen molar-refractivity contribution in [1.82, 2.24) is 5.32 Å². The summed E-state index contributed by atoms with van der Waals surface area (Å²) < 4.78 is 11.0. The maximum atomic E-state index is 13.1. The van der Waals surface area contributed by atoms with Crippen molar-refractivity contribution in [2.45, 2.75) is 51.6 Å². The van der Waals surface area contributed by atoms with Crippen LogP contribution in [0.3, 0.4) is 0 Å². The second-order valence-corrected chi connectivity index (χ2v) is 8.10. The number of hydrogen-bond acceptors (Lipinski definition) is 8. The monoisotopic (exact) mass is 443 g/mol. The van der Waals surface area contributed by atoms with E-state index in [4.69, 9.17) is 27.2 Å². The zero-order valence-electron chi connectivity index (χ0n) is 17.7. The second-order valence-electron chi connectivity index (χ2n) is 7.13. The highest BCUT2D eigenvalue weighted by atomic mass is 32.2. The molecule has 0 spiro atoms. The third-order valence-electron chi connectivity index (χ3n) is 4.63. The summed E-state index contributed by atoms with van der Waals surface area (Å²) in [6.07, 6.45) is 11.9. The summed E-state index contributed by atoms with van der Waals surface area (Å²) in [6.45, 7) is 5.22. The number of carbonyl (C=O) groups excluding carboxylic acids is 1. The number of aliphatic imine (C=N–C) groups is 1. The Hall–Kier alpha value is -3.17. The van der Waals surface area contributed by atoms with Crippen LogP contribution in [0.4, 0.5) is 0 Å². The van der Waals surface area contributed by atoms with Gasteiger partial charge in [0.05, 0.1) is 11.6 Å². The molecule has 0 radical (unpaired) electrons. The Labute approximate surface area is 185 Å². The number of hydrogen-bond donors (Lipinski definition) is 2. The Bertz CT molecular complexity index is 1030. The van der Waals surface area contributed by atoms with Gasteiger partial charge < -0.3 is 19.7 Å². The summed E-state index contributed by atoms with van der Waals surface area (Å²) in [5.74, 6) is 5.30. The van der Waals surface area contributed by atoms with E-state index in [1.54, 1.807) is 19.9 Å². The maximum absolute atomic E-state index is 13.1. The highest BCUT2D eigenvalue weighted by molar-refractivity contribution is 8.16. The average molecular weight is 444 g/mol. The van der Waals surface area contributed by atoms with Gasteiger partial charge in [-0.1, -0.05) is 24.4 Å². The Morgan fingerprint density at radius 1 is 1.52 bits per heavy atom. The molecule has 1 aliphatic rings. The van der Waals surface area contributed by atoms with Crippen molar-refractivity contribution >= 4 is 28.4 Å². The molecule has 0 fully saturated rings. The zero-order valence-corrected chi connectivity index (χ0v) is 18.5. The van der Waals surface area contributed by atoms with Crippen LogP contribution in [0.1, 0.15) is 51.0 Å². The number of oxime groups is 1. The fourth-order valence-electron chi connectivity index (χ4n) is 2.93. The lowest BCUT2D eigenvalue weighted by atomic mass is 10.0. The molecule has 0 aliphatic carbocycles. The van der Waals surface area contributed by atoms with Gasteiger partial charge in [0.2, 0.25) is 5.91 Å². The molecule has 0 aromatic carbocycles. The molecule has 9 heteroatoms. The van der Waals surface area contributed by atoms with Crippen LogP contribution >= 0.6 is 11.8 Å². The summed E-state index contributed by atoms with van der Waals surface area (Å²) in [6, 6.07) is 0.974. The fraction of sp³-hybridized carbons (Fsp3) is 0.455. The largest absolute Gasteiger partial charge is 0.480 e. The molecule has 2 N–H and O–H groups in total. The number of carbonyl (C=O) groups is 1. The molecule has 1 aromatic heterocycles. The lowest BCUT2D eigenvalue weighted by molar-refractivity contribution is -0.125. The van der Waals surface area contributed by atoms with Crippen molar-refractivity contribution in [2.24, 2.45) is 10.1 Å². The molecule has 8 nitrogen and oxygen atoms in total. The van der Waals surface area contributed by atoms with Crippen molar-refractivity contribution in [1.29, 1.82) is 0 Å². The number of thioether (sulfide) groups is 1. The van der Waals surface area contributed by atoms with E-state index >= 15 is 0 Å². The number of nitrogens with one attached hydrogen (secondary N) is 1. The number of rotatable bonds is 9. The molecule has 0 bridgehead atoms. The molecular formula is C22H25N3O5S. The molecular weight excluding hydrogens is 418 g/mol. The summed E-state index contributed by atoms with van der Waals surface area (Å²) in [5.41, 5.74) is -1.13. The number of ether oxygens (including phenoxy) is 1. The number of terminal acetylenes is 2. The Morgan fingerprint density at radius 2 is 2.26 bits per heavy atom. The third kappa shape index (κ3) is 5.71. The summed E-state index contributed by atoms with van der Waals surface area (Å²) in [5, 5.41) is 15.5. The highest BCUT2D eigenvalue weighted by Crippen LogP contribution is 2.31. The Balaban J connectivity index is 2.36. The van der Waals surface area contributed by atoms with Crippen LogP contribution < -0.4 is 15.7 Å². The smallest absolute Gasteiger partial charge is 0.343 e. The minimum atomic E-state index is -1.05. The van der Waals surface area contributed by atoms with Crippen molar-refractivity contribution in [3.05, 3.63) is 27.8 Å². The molecule has 2 atom stereocenters. The van der Waals surface area contributed by atoms with Gasteiger partial charge in [0.25, 0.3) is 0 Å². The van der Waals surface area contributed by atoms with Crippen LogP contribution in [0.25, 0.3) is 0 Å². The van der Waals surface area contributed by atoms with E-state index < -0.39 is 17.2 Å². The average Bonchev–Trinajstić information content (AvgIpc) is 3.16. The van der Waals surface area contributed by atoms with Gasteiger partial charge in [-0.15, -0.1) is 30.5 Å². The number of nitrogens with zero attached hydrogens (tertiary/aromatic N) is 2. The molecule has 0 saturated heterocycles. The van der Waals surface area contributed by atoms with E-state index in [1.807, 2.05) is 6.92 Å². The van der Waals surface area contributed by atoms with E-state index in [0.717, 1.165) is 6.42 Å². The van der Waals surface area contributed by atoms with Gasteiger partial charge in [-0.25, -0.2) is 4.79 Å². The van der Waals surface area contributed by atoms with Crippen LogP contribution in [0.15, 0.2) is 25.4 Å². The minimum Gasteiger partial charge on any atom is -0.480 e. The second kappa shape index (κ2) is 10.7. The first-order valence-electron chi connectivity index (χ1n) is 9.68. The lowest BCUT2D eigenvalue weighted by Crippen LogP contribution is -2.45. The number of amides is 1. The van der Waals surface area contributed by atoms with Gasteiger partial charge in [0.1, 0.15) is 34.4 Å². The lowest BCUT2D eigenvalue weighted by Gasteiger charge is -2.24. The highest BCUT2D eigenvalue weighted by Gasteiger charge is 2.40. The Morgan fingerprint density at radius 3 is 2.87 bits per heavy atom. The van der Waals surface area contributed by atoms with Crippen LogP contribution in [-0.4, -0.2) is 39.8 Å². The van der Waals surface area contributed by atoms with Gasteiger partial charge in [-0.2, -0.15) is 0 Å². The molecule has 0 unspecified atom stereocenters. The topological polar surface area (TPSA) is 113 Å². The standard InChI is InChI=1S/C22H25N3O5S/c1-6-9-15-17(29-11-8-3)12-18(30-20(15)26)16(10-7-2)23-21(27)22(5)13-31-19(24-22)14(4)25-28/h1,3,12,16,28H,7,9-11,13H2,2,4-5H3,(H,23,27)/b25-14+/t16-,22+/m1/s1. The third-order valence-corrected chi connectivity index (χ3v) is 6.00. The predicted molar refractivity (Wildman–Crippen MR) is 121 cm³/mol. The minimum absolute atomic E-state index is 0.0336. The van der Waals surface area contributed by atoms with Gasteiger partial charge >= 0.3 is 5.63 Å². The molecule has 2 rings (SSSR count). The van der Waals surface area contributed by atoms with Crippen LogP contribution in [-0.2, 0) is 11.2 Å². The van der Waals surface area contributed by atoms with E-state index in [-0.39, 0.29) is 36.0 Å². The van der Waals surface area contributed by atoms with Crippen LogP contribution in [0, 0.1) is 24.7 Å². The zero-order chi connectivity index (χ0) is 23.0. The quantitative estimate of drug-likeness (QED) is 0.262. The molecule has 0 saturated carbocycles. The normalized spacial score (nSPS) is 19.1. The summed E-state index contributed by atoms with van der Waals surface area (Å²) >= 11 is 1.34. The van der Waals surface area contributed by atoms with E-state index in [0.29, 0.717) is 22.9 Å². The molecule has 1 aromatic rings. The molecule has 31 heavy (non-hydrogen) atoms. The maximum Gasteiger partial charge on any atom is 0.343 e. The molecule has 1 aliphatic heterocycles. The first-order valence-corrected chi connectivity index (χ1v) is 10.7. The van der Waals surface area contributed by atoms with Crippen molar-refractivity contribution in [3.63, 3.8) is 0 Å². The van der Waals surface area contributed by atoms with E-state index in [2.05, 4.69) is 27.3 Å². The SMILES string of the molecule is C#CCOc1cc([C@@H](CCC)NC(=O)[C@]2(C)CSC(/C(C)=N/O)=N2)oc(=O)c1CC#C. The summed E-state index contributed by atoms with van der Waals surface area (Å²) in [4.78, 5) is 30.0. The first kappa shape index (κ1) is 24.1. The van der Waals surface area contributed by atoms with Crippen LogP contribution in [0.2, 0.25) is 0 Å². The van der Waals surface area contributed by atoms with Crippen molar-refractivity contribution < 1.29 is 19.2 Å². The van der Waals surface area contributed by atoms with Gasteiger partial charge in [-0.05, 0) is 20.3 Å². The van der Waals surface area contributed by atoms with Crippen molar-refractivity contribution in [3.8, 4) is 30.4 Å². The van der Waals surface area contributed by atoms with E-state index in [9.17, 15) is 9.59 Å². The molecule has 164 valence electrons. The molecule has 1 amide bonds. The van der Waals surface area contributed by atoms with E-state index in [1.165, 1.54) is 11.8 Å².